The highest BCUT2D eigenvalue weighted by Gasteiger charge is 2.23. The molecule has 0 fully saturated rings. The van der Waals surface area contributed by atoms with Crippen LogP contribution in [0.3, 0.4) is 0 Å². The van der Waals surface area contributed by atoms with Crippen LogP contribution in [-0.2, 0) is 10.8 Å². The zero-order valence-corrected chi connectivity index (χ0v) is 24.1. The molecule has 0 nitrogen and oxygen atoms in total. The molecule has 0 aliphatic heterocycles. The van der Waals surface area contributed by atoms with E-state index in [0.717, 1.165) is 0 Å². The van der Waals surface area contributed by atoms with Crippen LogP contribution in [0.4, 0.5) is 0 Å². The van der Waals surface area contributed by atoms with Gasteiger partial charge in [-0.3, -0.25) is 0 Å². The van der Waals surface area contributed by atoms with Crippen LogP contribution < -0.4 is 0 Å². The van der Waals surface area contributed by atoms with Gasteiger partial charge in [-0.1, -0.05) is 114 Å². The maximum atomic E-state index is 2.51. The van der Waals surface area contributed by atoms with E-state index in [9.17, 15) is 0 Å². The molecule has 0 saturated heterocycles. The molecule has 0 amide bonds. The lowest BCUT2D eigenvalue weighted by molar-refractivity contribution is 0.591. The minimum atomic E-state index is 0.0909. The Morgan fingerprint density at radius 3 is 1.05 bits per heavy atom. The second-order valence-electron chi connectivity index (χ2n) is 14.2. The molecule has 40 heavy (non-hydrogen) atoms. The maximum Gasteiger partial charge on any atom is -0.00137 e. The molecule has 192 valence electrons. The highest BCUT2D eigenvalue weighted by Crippen LogP contribution is 2.49. The molecule has 0 aliphatic rings. The van der Waals surface area contributed by atoms with Crippen molar-refractivity contribution in [3.63, 3.8) is 0 Å². The molecule has 9 rings (SSSR count). The second kappa shape index (κ2) is 6.94. The van der Waals surface area contributed by atoms with Crippen molar-refractivity contribution in [1.82, 2.24) is 0 Å². The van der Waals surface area contributed by atoms with E-state index in [-0.39, 0.29) is 10.8 Å². The summed E-state index contributed by atoms with van der Waals surface area (Å²) in [5, 5.41) is 22.1. The van der Waals surface area contributed by atoms with Crippen molar-refractivity contribution in [2.45, 2.75) is 52.4 Å². The fourth-order valence-corrected chi connectivity index (χ4v) is 7.61. The summed E-state index contributed by atoms with van der Waals surface area (Å²) in [4.78, 5) is 0. The first-order chi connectivity index (χ1) is 19.1. The monoisotopic (exact) mass is 512 g/mol. The van der Waals surface area contributed by atoms with E-state index in [0.29, 0.717) is 0 Å². The third kappa shape index (κ3) is 2.72. The van der Waals surface area contributed by atoms with E-state index in [4.69, 9.17) is 0 Å². The lowest BCUT2D eigenvalue weighted by atomic mass is 9.79. The molecule has 0 heterocycles. The minimum absolute atomic E-state index is 0.0909. The maximum absolute atomic E-state index is 2.51. The molecule has 0 aliphatic carbocycles. The van der Waals surface area contributed by atoms with Crippen molar-refractivity contribution in [3.8, 4) is 0 Å². The number of hydrogen-bond acceptors (Lipinski definition) is 0. The molecule has 0 bridgehead atoms. The van der Waals surface area contributed by atoms with Crippen LogP contribution >= 0.6 is 0 Å². The van der Waals surface area contributed by atoms with Crippen molar-refractivity contribution in [1.29, 1.82) is 0 Å². The average molecular weight is 513 g/mol. The molecule has 9 aromatic carbocycles. The summed E-state index contributed by atoms with van der Waals surface area (Å²) >= 11 is 0. The molecule has 0 N–H and O–H groups in total. The van der Waals surface area contributed by atoms with E-state index in [2.05, 4.69) is 126 Å². The van der Waals surface area contributed by atoms with Gasteiger partial charge in [0, 0.05) is 0 Å². The topological polar surface area (TPSA) is 0 Å². The van der Waals surface area contributed by atoms with Crippen molar-refractivity contribution >= 4 is 86.2 Å². The molecule has 0 saturated carbocycles. The molecule has 0 unspecified atom stereocenters. The van der Waals surface area contributed by atoms with Gasteiger partial charge in [-0.05, 0) is 120 Å². The summed E-state index contributed by atoms with van der Waals surface area (Å²) in [6, 6.07) is 33.5. The van der Waals surface area contributed by atoms with Crippen LogP contribution in [0, 0.1) is 0 Å². The Morgan fingerprint density at radius 1 is 0.300 bits per heavy atom. The Hall–Kier alpha value is -4.16. The van der Waals surface area contributed by atoms with Crippen molar-refractivity contribution in [2.75, 3.05) is 0 Å². The third-order valence-electron chi connectivity index (χ3n) is 9.71. The molecule has 0 aromatic heterocycles. The summed E-state index contributed by atoms with van der Waals surface area (Å²) in [6.07, 6.45) is 0. The van der Waals surface area contributed by atoms with Gasteiger partial charge in [0.1, 0.15) is 0 Å². The van der Waals surface area contributed by atoms with E-state index >= 15 is 0 Å². The standard InChI is InChI=1S/C40H32/c1-39(2,3)27-15-23-9-7-21-11-13-29-30-14-12-22-8-10-24-16-28(40(4,5)6)18-26-20-32(38(30)36(22)34(24)26)31-19-25(17-27)33(23)35(21)37(29)31/h7-20H,1-6H3. The van der Waals surface area contributed by atoms with E-state index in [1.807, 2.05) is 0 Å². The lowest BCUT2D eigenvalue weighted by Gasteiger charge is -2.24. The van der Waals surface area contributed by atoms with Gasteiger partial charge in [0.25, 0.3) is 0 Å². The molecule has 0 atom stereocenters. The number of benzene rings is 9. The molecule has 0 radical (unpaired) electrons. The first kappa shape index (κ1) is 22.6. The minimum Gasteiger partial charge on any atom is -0.0561 e. The Labute approximate surface area is 234 Å². The highest BCUT2D eigenvalue weighted by molar-refractivity contribution is 6.44. The lowest BCUT2D eigenvalue weighted by Crippen LogP contribution is -2.11. The second-order valence-corrected chi connectivity index (χ2v) is 14.2. The van der Waals surface area contributed by atoms with Gasteiger partial charge in [0.05, 0.1) is 0 Å². The van der Waals surface area contributed by atoms with Crippen LogP contribution in [-0.4, -0.2) is 0 Å². The van der Waals surface area contributed by atoms with E-state index in [1.54, 1.807) is 0 Å². The zero-order valence-electron chi connectivity index (χ0n) is 24.1. The SMILES string of the molecule is CC(C)(C)c1cc2ccc3ccc4c5ccc6ccc7cc(C(C)(C)C)cc8cc(c9cc(c1)c2c3c49)c5c6c78. The van der Waals surface area contributed by atoms with Crippen LogP contribution in [0.2, 0.25) is 0 Å². The zero-order chi connectivity index (χ0) is 27.3. The summed E-state index contributed by atoms with van der Waals surface area (Å²) in [5.74, 6) is 0. The Kier molecular flexibility index (Phi) is 3.93. The normalized spacial score (nSPS) is 13.8. The predicted octanol–water partition coefficient (Wildman–Crippen LogP) is 11.8. The van der Waals surface area contributed by atoms with Gasteiger partial charge in [-0.2, -0.15) is 0 Å². The fourth-order valence-electron chi connectivity index (χ4n) is 7.61. The van der Waals surface area contributed by atoms with Crippen LogP contribution in [0.25, 0.3) is 86.2 Å². The van der Waals surface area contributed by atoms with Gasteiger partial charge in [0.2, 0.25) is 0 Å². The van der Waals surface area contributed by atoms with Gasteiger partial charge >= 0.3 is 0 Å². The summed E-state index contributed by atoms with van der Waals surface area (Å²) in [5.41, 5.74) is 2.97. The van der Waals surface area contributed by atoms with Gasteiger partial charge in [-0.25, -0.2) is 0 Å². The van der Waals surface area contributed by atoms with Crippen LogP contribution in [0.1, 0.15) is 52.7 Å². The number of rotatable bonds is 0. The molecule has 0 spiro atoms. The average Bonchev–Trinajstić information content (AvgIpc) is 2.92. The van der Waals surface area contributed by atoms with Gasteiger partial charge in [-0.15, -0.1) is 0 Å². The quantitative estimate of drug-likeness (QED) is 0.140. The number of hydrogen-bond donors (Lipinski definition) is 0. The Balaban J connectivity index is 1.60. The van der Waals surface area contributed by atoms with E-state index < -0.39 is 0 Å². The molecule has 0 heteroatoms. The first-order valence-electron chi connectivity index (χ1n) is 14.6. The van der Waals surface area contributed by atoms with Crippen LogP contribution in [0.15, 0.2) is 84.9 Å². The largest absolute Gasteiger partial charge is 0.0561 e. The highest BCUT2D eigenvalue weighted by atomic mass is 14.3. The van der Waals surface area contributed by atoms with Gasteiger partial charge < -0.3 is 0 Å². The van der Waals surface area contributed by atoms with Crippen molar-refractivity contribution in [2.24, 2.45) is 0 Å². The van der Waals surface area contributed by atoms with Gasteiger partial charge in [0.15, 0.2) is 0 Å². The van der Waals surface area contributed by atoms with Crippen LogP contribution in [0.5, 0.6) is 0 Å². The predicted molar refractivity (Wildman–Crippen MR) is 177 cm³/mol. The van der Waals surface area contributed by atoms with Crippen molar-refractivity contribution < 1.29 is 0 Å². The molecular formula is C40H32. The summed E-state index contributed by atoms with van der Waals surface area (Å²) in [7, 11) is 0. The smallest absolute Gasteiger partial charge is 0.00137 e. The Morgan fingerprint density at radius 2 is 0.650 bits per heavy atom. The van der Waals surface area contributed by atoms with E-state index in [1.165, 1.54) is 97.3 Å². The summed E-state index contributed by atoms with van der Waals surface area (Å²) in [6.45, 7) is 13.9. The van der Waals surface area contributed by atoms with Crippen molar-refractivity contribution in [3.05, 3.63) is 96.1 Å². The first-order valence-corrected chi connectivity index (χ1v) is 14.6. The Bertz CT molecular complexity index is 2300. The number of fused-ring (bicyclic) bond motifs is 2. The summed E-state index contributed by atoms with van der Waals surface area (Å²) < 4.78 is 0. The molecular weight excluding hydrogens is 480 g/mol. The third-order valence-corrected chi connectivity index (χ3v) is 9.71. The fraction of sp³-hybridized carbons (Fsp3) is 0.200. The molecule has 9 aromatic rings.